The average Bonchev–Trinajstić information content (AvgIpc) is 2.83. The lowest BCUT2D eigenvalue weighted by atomic mass is 10.1. The highest BCUT2D eigenvalue weighted by Crippen LogP contribution is 2.22. The molecule has 0 saturated carbocycles. The lowest BCUT2D eigenvalue weighted by molar-refractivity contribution is -0.0440. The predicted octanol–water partition coefficient (Wildman–Crippen LogP) is 3.53. The minimum absolute atomic E-state index is 0.150. The zero-order chi connectivity index (χ0) is 24.1. The first-order valence-corrected chi connectivity index (χ1v) is 12.4. The molecule has 1 saturated heterocycles. The quantitative estimate of drug-likeness (QED) is 0.583. The lowest BCUT2D eigenvalue weighted by Gasteiger charge is -2.34. The van der Waals surface area contributed by atoms with Crippen LogP contribution in [0.2, 0.25) is 0 Å². The summed E-state index contributed by atoms with van der Waals surface area (Å²) in [6.07, 6.45) is 1.33. The monoisotopic (exact) mass is 475 g/mol. The maximum atomic E-state index is 13.0. The van der Waals surface area contributed by atoms with Gasteiger partial charge in [0, 0.05) is 36.1 Å². The smallest absolute Gasteiger partial charge is 0.255 e. The van der Waals surface area contributed by atoms with Crippen molar-refractivity contribution in [2.45, 2.75) is 31.0 Å². The molecule has 1 aliphatic heterocycles. The van der Waals surface area contributed by atoms with E-state index >= 15 is 0 Å². The number of pyridine rings is 1. The molecule has 2 unspecified atom stereocenters. The number of morpholine rings is 1. The second-order valence-corrected chi connectivity index (χ2v) is 10.0. The van der Waals surface area contributed by atoms with Gasteiger partial charge < -0.3 is 10.1 Å². The fourth-order valence-electron chi connectivity index (χ4n) is 3.71. The van der Waals surface area contributed by atoms with E-state index < -0.39 is 10.0 Å². The van der Waals surface area contributed by atoms with E-state index in [1.165, 1.54) is 28.6 Å². The Morgan fingerprint density at radius 3 is 2.41 bits per heavy atom. The summed E-state index contributed by atoms with van der Waals surface area (Å²) in [7, 11) is -3.66. The van der Waals surface area contributed by atoms with Crippen LogP contribution in [-0.2, 0) is 14.8 Å². The number of aromatic nitrogens is 1. The summed E-state index contributed by atoms with van der Waals surface area (Å²) >= 11 is 0. The Labute approximate surface area is 199 Å². The molecule has 0 aliphatic carbocycles. The van der Waals surface area contributed by atoms with Crippen LogP contribution in [0.1, 0.15) is 35.5 Å². The second-order valence-electron chi connectivity index (χ2n) is 8.10. The van der Waals surface area contributed by atoms with Gasteiger partial charge in [-0.15, -0.1) is 0 Å². The summed E-state index contributed by atoms with van der Waals surface area (Å²) < 4.78 is 33.1. The third-order valence-corrected chi connectivity index (χ3v) is 7.11. The first-order chi connectivity index (χ1) is 16.3. The number of ether oxygens (including phenoxy) is 1. The van der Waals surface area contributed by atoms with E-state index in [-0.39, 0.29) is 23.0 Å². The fraction of sp³-hybridized carbons (Fsp3) is 0.231. The van der Waals surface area contributed by atoms with Gasteiger partial charge in [-0.3, -0.25) is 4.79 Å². The molecule has 2 heterocycles. The number of hydrogen-bond donors (Lipinski definition) is 1. The predicted molar refractivity (Wildman–Crippen MR) is 130 cm³/mol. The highest BCUT2D eigenvalue weighted by molar-refractivity contribution is 7.89. The van der Waals surface area contributed by atoms with E-state index in [0.717, 1.165) is 5.56 Å². The number of nitrogens with one attached hydrogen (secondary N) is 1. The molecule has 4 rings (SSSR count). The molecule has 0 spiro atoms. The van der Waals surface area contributed by atoms with Crippen LogP contribution in [0.5, 0.6) is 0 Å². The van der Waals surface area contributed by atoms with Crippen molar-refractivity contribution in [3.63, 3.8) is 0 Å². The van der Waals surface area contributed by atoms with Gasteiger partial charge in [0.2, 0.25) is 10.0 Å². The zero-order valence-electron chi connectivity index (χ0n) is 18.9. The molecule has 174 valence electrons. The molecule has 0 radical (unpaired) electrons. The van der Waals surface area contributed by atoms with Gasteiger partial charge in [0.15, 0.2) is 0 Å². The van der Waals surface area contributed by atoms with E-state index in [0.29, 0.717) is 30.0 Å². The summed E-state index contributed by atoms with van der Waals surface area (Å²) in [5, 5.41) is 2.83. The van der Waals surface area contributed by atoms with E-state index in [1.807, 2.05) is 38.1 Å². The Morgan fingerprint density at radius 2 is 1.74 bits per heavy atom. The Morgan fingerprint density at radius 1 is 1.00 bits per heavy atom. The van der Waals surface area contributed by atoms with Crippen LogP contribution in [0.4, 0.5) is 5.69 Å². The highest BCUT2D eigenvalue weighted by Gasteiger charge is 2.32. The van der Waals surface area contributed by atoms with Gasteiger partial charge in [-0.2, -0.15) is 4.31 Å². The maximum Gasteiger partial charge on any atom is 0.255 e. The van der Waals surface area contributed by atoms with Crippen molar-refractivity contribution in [2.24, 2.45) is 0 Å². The molecule has 1 fully saturated rings. The Kier molecular flexibility index (Phi) is 7.08. The SMILES string of the molecule is CC1CN(S(=O)(=O)c2ccc(C(=O)Nc3cccc(C#Cc4ccccn4)c3)cc2)CC(C)O1. The number of sulfonamides is 1. The van der Waals surface area contributed by atoms with Crippen LogP contribution >= 0.6 is 0 Å². The maximum absolute atomic E-state index is 13.0. The molecule has 2 atom stereocenters. The number of benzene rings is 2. The summed E-state index contributed by atoms with van der Waals surface area (Å²) in [6, 6.07) is 18.7. The number of amides is 1. The van der Waals surface area contributed by atoms with Crippen LogP contribution in [0.25, 0.3) is 0 Å². The summed E-state index contributed by atoms with van der Waals surface area (Å²) in [5.74, 6) is 5.67. The molecular weight excluding hydrogens is 450 g/mol. The first kappa shape index (κ1) is 23.6. The van der Waals surface area contributed by atoms with Crippen molar-refractivity contribution in [3.8, 4) is 11.8 Å². The number of carbonyl (C=O) groups is 1. The number of nitrogens with zero attached hydrogens (tertiary/aromatic N) is 2. The fourth-order valence-corrected chi connectivity index (χ4v) is 5.30. The number of anilines is 1. The molecule has 7 nitrogen and oxygen atoms in total. The van der Waals surface area contributed by atoms with Gasteiger partial charge in [0.05, 0.1) is 17.1 Å². The summed E-state index contributed by atoms with van der Waals surface area (Å²) in [6.45, 7) is 4.30. The Hall–Kier alpha value is -3.51. The first-order valence-electron chi connectivity index (χ1n) is 10.9. The van der Waals surface area contributed by atoms with E-state index in [1.54, 1.807) is 24.4 Å². The molecule has 8 heteroatoms. The van der Waals surface area contributed by atoms with Crippen LogP contribution in [-0.4, -0.2) is 48.9 Å². The van der Waals surface area contributed by atoms with Crippen LogP contribution < -0.4 is 5.32 Å². The highest BCUT2D eigenvalue weighted by atomic mass is 32.2. The van der Waals surface area contributed by atoms with Crippen molar-refractivity contribution < 1.29 is 17.9 Å². The Balaban J connectivity index is 1.45. The van der Waals surface area contributed by atoms with Crippen molar-refractivity contribution in [2.75, 3.05) is 18.4 Å². The lowest BCUT2D eigenvalue weighted by Crippen LogP contribution is -2.48. The normalized spacial score (nSPS) is 18.5. The number of hydrogen-bond acceptors (Lipinski definition) is 5. The van der Waals surface area contributed by atoms with E-state index in [9.17, 15) is 13.2 Å². The molecule has 2 aromatic carbocycles. The second kappa shape index (κ2) is 10.2. The molecule has 0 bridgehead atoms. The van der Waals surface area contributed by atoms with E-state index in [2.05, 4.69) is 22.1 Å². The number of rotatable bonds is 4. The third-order valence-electron chi connectivity index (χ3n) is 5.26. The van der Waals surface area contributed by atoms with Gasteiger partial charge >= 0.3 is 0 Å². The van der Waals surface area contributed by atoms with Crippen LogP contribution in [0.15, 0.2) is 77.8 Å². The minimum Gasteiger partial charge on any atom is -0.373 e. The van der Waals surface area contributed by atoms with Crippen LogP contribution in [0.3, 0.4) is 0 Å². The minimum atomic E-state index is -3.66. The summed E-state index contributed by atoms with van der Waals surface area (Å²) in [4.78, 5) is 17.0. The van der Waals surface area contributed by atoms with Crippen LogP contribution in [0, 0.1) is 11.8 Å². The molecule has 1 aliphatic rings. The van der Waals surface area contributed by atoms with Gasteiger partial charge in [-0.1, -0.05) is 18.1 Å². The molecular formula is C26H25N3O4S. The standard InChI is InChI=1S/C26H25N3O4S/c1-19-17-29(18-20(2)33-19)34(31,32)25-13-10-22(11-14-25)26(30)28-24-8-5-6-21(16-24)9-12-23-7-3-4-15-27-23/h3-8,10-11,13-16,19-20H,17-18H2,1-2H3,(H,28,30). The third kappa shape index (κ3) is 5.69. The average molecular weight is 476 g/mol. The van der Waals surface area contributed by atoms with E-state index in [4.69, 9.17) is 4.74 Å². The number of carbonyl (C=O) groups excluding carboxylic acids is 1. The van der Waals surface area contributed by atoms with Gasteiger partial charge in [0.1, 0.15) is 5.69 Å². The molecule has 1 N–H and O–H groups in total. The summed E-state index contributed by atoms with van der Waals surface area (Å²) in [5.41, 5.74) is 2.34. The van der Waals surface area contributed by atoms with Crippen molar-refractivity contribution in [1.29, 1.82) is 0 Å². The van der Waals surface area contributed by atoms with Gasteiger partial charge in [-0.25, -0.2) is 13.4 Å². The largest absolute Gasteiger partial charge is 0.373 e. The molecule has 1 aromatic heterocycles. The topological polar surface area (TPSA) is 88.6 Å². The van der Waals surface area contributed by atoms with Crippen molar-refractivity contribution in [3.05, 3.63) is 89.7 Å². The Bertz CT molecular complexity index is 1320. The van der Waals surface area contributed by atoms with Gasteiger partial charge in [-0.05, 0) is 74.4 Å². The van der Waals surface area contributed by atoms with Crippen molar-refractivity contribution >= 4 is 21.6 Å². The molecule has 1 amide bonds. The van der Waals surface area contributed by atoms with Crippen molar-refractivity contribution in [1.82, 2.24) is 9.29 Å². The van der Waals surface area contributed by atoms with Gasteiger partial charge in [0.25, 0.3) is 5.91 Å². The molecule has 3 aromatic rings. The zero-order valence-corrected chi connectivity index (χ0v) is 19.7. The molecule has 34 heavy (non-hydrogen) atoms.